The monoisotopic (exact) mass is 178 g/mol. The van der Waals surface area contributed by atoms with Gasteiger partial charge in [-0.25, -0.2) is 10.4 Å². The number of aromatic amines is 1. The number of nitrogens with zero attached hydrogens (tertiary/aromatic N) is 2. The molecule has 3 rings (SSSR count). The molecule has 1 unspecified atom stereocenters. The molecule has 0 bridgehead atoms. The Kier molecular flexibility index (Phi) is 1.45. The Morgan fingerprint density at radius 1 is 1.46 bits per heavy atom. The van der Waals surface area contributed by atoms with E-state index >= 15 is 0 Å². The third kappa shape index (κ3) is 0.998. The van der Waals surface area contributed by atoms with E-state index in [9.17, 15) is 0 Å². The Hall–Kier alpha value is -1.24. The van der Waals surface area contributed by atoms with Gasteiger partial charge in [0.05, 0.1) is 30.9 Å². The van der Waals surface area contributed by atoms with Gasteiger partial charge in [0.25, 0.3) is 0 Å². The first kappa shape index (κ1) is 7.19. The summed E-state index contributed by atoms with van der Waals surface area (Å²) in [6, 6.07) is 0. The second kappa shape index (κ2) is 2.63. The van der Waals surface area contributed by atoms with Crippen LogP contribution in [0.25, 0.3) is 0 Å². The van der Waals surface area contributed by atoms with Gasteiger partial charge in [0.1, 0.15) is 11.9 Å². The zero-order valence-electron chi connectivity index (χ0n) is 6.96. The van der Waals surface area contributed by atoms with Crippen LogP contribution in [-0.2, 0) is 6.54 Å². The number of imidazole rings is 1. The minimum absolute atomic E-state index is 0.0875. The lowest BCUT2D eigenvalue weighted by Gasteiger charge is -2.10. The number of H-pyrrole nitrogens is 1. The summed E-state index contributed by atoms with van der Waals surface area (Å²) < 4.78 is 0. The molecule has 4 N–H and O–H groups in total. The van der Waals surface area contributed by atoms with Gasteiger partial charge in [-0.15, -0.1) is 0 Å². The Morgan fingerprint density at radius 3 is 3.46 bits per heavy atom. The van der Waals surface area contributed by atoms with Crippen LogP contribution in [0.5, 0.6) is 0 Å². The van der Waals surface area contributed by atoms with Crippen LogP contribution in [0.2, 0.25) is 0 Å². The van der Waals surface area contributed by atoms with Gasteiger partial charge in [-0.2, -0.15) is 0 Å². The van der Waals surface area contributed by atoms with Crippen molar-refractivity contribution in [3.8, 4) is 0 Å². The molecule has 2 aliphatic heterocycles. The third-order valence-electron chi connectivity index (χ3n) is 2.29. The maximum Gasteiger partial charge on any atom is 0.117 e. The molecule has 2 aliphatic rings. The van der Waals surface area contributed by atoms with E-state index < -0.39 is 0 Å². The van der Waals surface area contributed by atoms with Crippen LogP contribution in [-0.4, -0.2) is 28.5 Å². The predicted octanol–water partition coefficient (Wildman–Crippen LogP) is -1.31. The lowest BCUT2D eigenvalue weighted by atomic mass is 10.2. The molecule has 6 nitrogen and oxygen atoms in total. The second-order valence-electron chi connectivity index (χ2n) is 3.07. The average Bonchev–Trinajstić information content (AvgIpc) is 2.72. The van der Waals surface area contributed by atoms with E-state index in [4.69, 9.17) is 0 Å². The fourth-order valence-electron chi connectivity index (χ4n) is 1.66. The van der Waals surface area contributed by atoms with Crippen LogP contribution in [0.15, 0.2) is 11.3 Å². The molecule has 0 spiro atoms. The number of rotatable bonds is 0. The predicted molar refractivity (Wildman–Crippen MR) is 46.9 cm³/mol. The molecular weight excluding hydrogens is 168 g/mol. The molecule has 0 radical (unpaired) electrons. The number of aromatic nitrogens is 2. The van der Waals surface area contributed by atoms with E-state index in [1.807, 2.05) is 0 Å². The maximum absolute atomic E-state index is 4.35. The van der Waals surface area contributed by atoms with Crippen LogP contribution in [0, 0.1) is 0 Å². The van der Waals surface area contributed by atoms with Gasteiger partial charge in [0.15, 0.2) is 0 Å². The van der Waals surface area contributed by atoms with Gasteiger partial charge in [-0.05, 0) is 0 Å². The Balaban J connectivity index is 2.11. The zero-order chi connectivity index (χ0) is 8.67. The van der Waals surface area contributed by atoms with Crippen molar-refractivity contribution >= 4 is 5.71 Å². The minimum Gasteiger partial charge on any atom is -0.347 e. The number of aliphatic imine (C=N–C) groups is 1. The zero-order valence-corrected chi connectivity index (χ0v) is 6.96. The SMILES string of the molecule is c1nc2c([nH]1)CNNC1NCN=C21. The van der Waals surface area contributed by atoms with Gasteiger partial charge in [-0.1, -0.05) is 0 Å². The van der Waals surface area contributed by atoms with Crippen molar-refractivity contribution in [2.24, 2.45) is 4.99 Å². The third-order valence-corrected chi connectivity index (χ3v) is 2.29. The summed E-state index contributed by atoms with van der Waals surface area (Å²) in [4.78, 5) is 11.7. The van der Waals surface area contributed by atoms with Gasteiger partial charge >= 0.3 is 0 Å². The molecule has 0 saturated carbocycles. The largest absolute Gasteiger partial charge is 0.347 e. The summed E-state index contributed by atoms with van der Waals surface area (Å²) in [5.41, 5.74) is 9.25. The van der Waals surface area contributed by atoms with Crippen LogP contribution in [0.1, 0.15) is 11.4 Å². The highest BCUT2D eigenvalue weighted by Crippen LogP contribution is 2.11. The first-order valence-corrected chi connectivity index (χ1v) is 4.24. The van der Waals surface area contributed by atoms with Crippen molar-refractivity contribution in [1.82, 2.24) is 26.1 Å². The first-order chi connectivity index (χ1) is 6.45. The summed E-state index contributed by atoms with van der Waals surface area (Å²) in [5, 5.41) is 3.20. The van der Waals surface area contributed by atoms with Crippen LogP contribution in [0.3, 0.4) is 0 Å². The van der Waals surface area contributed by atoms with E-state index in [2.05, 4.69) is 31.1 Å². The number of hydrazine groups is 1. The smallest absolute Gasteiger partial charge is 0.117 e. The molecule has 1 aromatic heterocycles. The molecule has 0 amide bonds. The highest BCUT2D eigenvalue weighted by atomic mass is 15.4. The molecule has 0 aliphatic carbocycles. The van der Waals surface area contributed by atoms with Crippen molar-refractivity contribution in [2.45, 2.75) is 12.7 Å². The minimum atomic E-state index is 0.0875. The molecule has 68 valence electrons. The summed E-state index contributed by atoms with van der Waals surface area (Å²) in [6.07, 6.45) is 1.79. The van der Waals surface area contributed by atoms with Gasteiger partial charge in [0, 0.05) is 0 Å². The lowest BCUT2D eigenvalue weighted by molar-refractivity contribution is 0.461. The van der Waals surface area contributed by atoms with E-state index in [1.54, 1.807) is 6.33 Å². The summed E-state index contributed by atoms with van der Waals surface area (Å²) >= 11 is 0. The number of nitrogens with one attached hydrogen (secondary N) is 4. The maximum atomic E-state index is 4.35. The first-order valence-electron chi connectivity index (χ1n) is 4.24. The van der Waals surface area contributed by atoms with Gasteiger partial charge in [0.2, 0.25) is 0 Å². The number of fused-ring (bicyclic) bond motifs is 3. The summed E-state index contributed by atoms with van der Waals surface area (Å²) in [7, 11) is 0. The highest BCUT2D eigenvalue weighted by Gasteiger charge is 2.27. The second-order valence-corrected chi connectivity index (χ2v) is 3.07. The number of hydrogen-bond donors (Lipinski definition) is 4. The van der Waals surface area contributed by atoms with Crippen molar-refractivity contribution in [2.75, 3.05) is 6.67 Å². The van der Waals surface area contributed by atoms with E-state index in [-0.39, 0.29) is 6.17 Å². The summed E-state index contributed by atoms with van der Waals surface area (Å²) in [5.74, 6) is 0. The van der Waals surface area contributed by atoms with Crippen molar-refractivity contribution in [1.29, 1.82) is 0 Å². The highest BCUT2D eigenvalue weighted by molar-refractivity contribution is 6.04. The van der Waals surface area contributed by atoms with Crippen LogP contribution in [0.4, 0.5) is 0 Å². The van der Waals surface area contributed by atoms with Crippen LogP contribution < -0.4 is 16.2 Å². The van der Waals surface area contributed by atoms with Gasteiger partial charge in [-0.3, -0.25) is 15.7 Å². The van der Waals surface area contributed by atoms with E-state index in [1.165, 1.54) is 0 Å². The average molecular weight is 178 g/mol. The Morgan fingerprint density at radius 2 is 2.46 bits per heavy atom. The molecule has 0 aromatic carbocycles. The number of hydrogen-bond acceptors (Lipinski definition) is 5. The Bertz CT molecular complexity index is 354. The fraction of sp³-hybridized carbons (Fsp3) is 0.429. The summed E-state index contributed by atoms with van der Waals surface area (Å²) in [6.45, 7) is 1.40. The normalized spacial score (nSPS) is 26.2. The molecule has 6 heteroatoms. The van der Waals surface area contributed by atoms with Crippen molar-refractivity contribution in [3.05, 3.63) is 17.7 Å². The standard InChI is InChI=1S/C7H10N6/c1-4-5(9-2-8-4)6-7(13-12-1)11-3-10-6/h2,7,11-13H,1,3H2,(H,8,9). The van der Waals surface area contributed by atoms with Gasteiger partial charge < -0.3 is 4.98 Å². The Labute approximate surface area is 74.8 Å². The van der Waals surface area contributed by atoms with E-state index in [0.29, 0.717) is 6.67 Å². The fourth-order valence-corrected chi connectivity index (χ4v) is 1.66. The molecule has 3 heterocycles. The molecule has 1 aromatic rings. The van der Waals surface area contributed by atoms with Crippen LogP contribution >= 0.6 is 0 Å². The molecule has 13 heavy (non-hydrogen) atoms. The molecule has 0 saturated heterocycles. The topological polar surface area (TPSA) is 77.1 Å². The van der Waals surface area contributed by atoms with Crippen molar-refractivity contribution in [3.63, 3.8) is 0 Å². The van der Waals surface area contributed by atoms with Crippen molar-refractivity contribution < 1.29 is 0 Å². The molecule has 1 atom stereocenters. The quantitative estimate of drug-likeness (QED) is 0.398. The molecular formula is C7H10N6. The van der Waals surface area contributed by atoms with E-state index in [0.717, 1.165) is 23.6 Å². The lowest BCUT2D eigenvalue weighted by Crippen LogP contribution is -2.48. The molecule has 0 fully saturated rings.